The summed E-state index contributed by atoms with van der Waals surface area (Å²) in [7, 11) is 0. The van der Waals surface area contributed by atoms with Gasteiger partial charge in [-0.2, -0.15) is 10.5 Å². The van der Waals surface area contributed by atoms with Gasteiger partial charge >= 0.3 is 51.4 Å². The van der Waals surface area contributed by atoms with Gasteiger partial charge in [-0.1, -0.05) is 35.4 Å². The maximum absolute atomic E-state index is 9.54. The summed E-state index contributed by atoms with van der Waals surface area (Å²) in [5.74, 6) is 0. The van der Waals surface area contributed by atoms with Gasteiger partial charge < -0.3 is 5.32 Å². The van der Waals surface area contributed by atoms with Crippen molar-refractivity contribution in [3.63, 3.8) is 0 Å². The van der Waals surface area contributed by atoms with Crippen molar-refractivity contribution in [2.75, 3.05) is 0 Å². The normalized spacial score (nSPS) is 14.6. The number of rotatable bonds is 2. The fraction of sp³-hybridized carbons (Fsp3) is 0. The van der Waals surface area contributed by atoms with E-state index in [2.05, 4.69) is 22.4 Å². The van der Waals surface area contributed by atoms with E-state index < -0.39 is 0 Å². The molecule has 0 spiro atoms. The first-order chi connectivity index (χ1) is 12.3. The zero-order chi connectivity index (χ0) is 17.2. The number of fused-ring (bicyclic) bond motifs is 2. The Hall–Kier alpha value is -1.42. The van der Waals surface area contributed by atoms with Crippen molar-refractivity contribution in [3.05, 3.63) is 75.5 Å². The van der Waals surface area contributed by atoms with Crippen LogP contribution in [0.1, 0.15) is 5.01 Å². The van der Waals surface area contributed by atoms with Gasteiger partial charge in [-0.25, -0.2) is 4.98 Å². The smallest absolute Gasteiger partial charge is 0.650 e. The molecule has 2 heterocycles. The van der Waals surface area contributed by atoms with Crippen molar-refractivity contribution in [2.45, 2.75) is 4.90 Å². The van der Waals surface area contributed by atoms with Crippen LogP contribution in [0.3, 0.4) is 0 Å². The van der Waals surface area contributed by atoms with E-state index >= 15 is 0 Å². The molecule has 0 N–H and O–H groups in total. The minimum atomic E-state index is 0. The number of thiazole rings is 1. The average molecular weight is 397 g/mol. The molecule has 118 valence electrons. The molecule has 4 rings (SSSR count). The Morgan fingerprint density at radius 3 is 2.54 bits per heavy atom. The second-order valence-electron chi connectivity index (χ2n) is 5.17. The molecule has 0 aliphatic carbocycles. The van der Waals surface area contributed by atoms with E-state index in [1.807, 2.05) is 48.5 Å². The maximum Gasteiger partial charge on any atom is 1.00 e. The summed E-state index contributed by atoms with van der Waals surface area (Å²) < 4.78 is 1.01. The zero-order valence-corrected chi connectivity index (χ0v) is 18.6. The number of nitriles is 2. The van der Waals surface area contributed by atoms with Crippen molar-refractivity contribution in [1.29, 1.82) is 10.5 Å². The Bertz CT molecular complexity index is 1070. The largest absolute Gasteiger partial charge is 1.00 e. The van der Waals surface area contributed by atoms with E-state index in [4.69, 9.17) is 0 Å². The second-order valence-corrected chi connectivity index (χ2v) is 7.23. The Morgan fingerprint density at radius 1 is 1.04 bits per heavy atom. The Morgan fingerprint density at radius 2 is 1.81 bits per heavy atom. The molecule has 0 unspecified atom stereocenters. The molecule has 1 aliphatic heterocycles. The van der Waals surface area contributed by atoms with Crippen molar-refractivity contribution >= 4 is 44.6 Å². The molecular formula is C19H9KN4S2. The van der Waals surface area contributed by atoms with Gasteiger partial charge in [-0.3, -0.25) is 0 Å². The van der Waals surface area contributed by atoms with Crippen molar-refractivity contribution < 1.29 is 51.4 Å². The Kier molecular flexibility index (Phi) is 6.33. The van der Waals surface area contributed by atoms with Gasteiger partial charge in [0.05, 0.1) is 21.9 Å². The number of allylic oxidation sites excluding steroid dienone is 3. The fourth-order valence-corrected chi connectivity index (χ4v) is 4.27. The van der Waals surface area contributed by atoms with Gasteiger partial charge in [0.2, 0.25) is 0 Å². The molecule has 2 aromatic carbocycles. The number of hydrogen-bond acceptors (Lipinski definition) is 5. The first-order valence-corrected chi connectivity index (χ1v) is 9.02. The van der Waals surface area contributed by atoms with Gasteiger partial charge in [-0.05, 0) is 29.2 Å². The van der Waals surface area contributed by atoms with Crippen molar-refractivity contribution in [3.8, 4) is 12.1 Å². The summed E-state index contributed by atoms with van der Waals surface area (Å²) in [6, 6.07) is 19.8. The molecule has 4 nitrogen and oxygen atoms in total. The van der Waals surface area contributed by atoms with Crippen LogP contribution in [-0.4, -0.2) is 4.98 Å². The zero-order valence-electron chi connectivity index (χ0n) is 13.8. The van der Waals surface area contributed by atoms with E-state index in [1.165, 1.54) is 23.1 Å². The van der Waals surface area contributed by atoms with Crippen LogP contribution in [0.15, 0.2) is 70.1 Å². The summed E-state index contributed by atoms with van der Waals surface area (Å²) in [6.07, 6.45) is 1.58. The molecule has 0 radical (unpaired) electrons. The summed E-state index contributed by atoms with van der Waals surface area (Å²) in [6.45, 7) is 0. The minimum Gasteiger partial charge on any atom is -0.650 e. The summed E-state index contributed by atoms with van der Waals surface area (Å²) in [5.41, 5.74) is 2.44. The number of para-hydroxylation sites is 2. The first kappa shape index (κ1) is 19.3. The molecule has 7 heteroatoms. The van der Waals surface area contributed by atoms with Gasteiger partial charge in [0, 0.05) is 5.57 Å². The van der Waals surface area contributed by atoms with Gasteiger partial charge in [0.15, 0.2) is 0 Å². The van der Waals surface area contributed by atoms with Crippen LogP contribution in [0, 0.1) is 22.7 Å². The van der Waals surface area contributed by atoms with E-state index in [0.717, 1.165) is 20.8 Å². The molecule has 0 amide bonds. The summed E-state index contributed by atoms with van der Waals surface area (Å²) in [5, 5.41) is 24.8. The predicted octanol–water partition coefficient (Wildman–Crippen LogP) is 2.75. The molecular weight excluding hydrogens is 387 g/mol. The van der Waals surface area contributed by atoms with Gasteiger partial charge in [0.1, 0.15) is 11.1 Å². The topological polar surface area (TPSA) is 74.6 Å². The number of nitrogens with zero attached hydrogens (tertiary/aromatic N) is 4. The summed E-state index contributed by atoms with van der Waals surface area (Å²) >= 11 is 2.88. The third kappa shape index (κ3) is 3.80. The Labute approximate surface area is 201 Å². The first-order valence-electron chi connectivity index (χ1n) is 7.39. The SMILES string of the molecule is N#CC(=CC(C#N)=C1[N-]c2ccccc2S1)c1nc2ccccc2s1.[K+]. The minimum absolute atomic E-state index is 0. The average Bonchev–Trinajstić information content (AvgIpc) is 3.26. The number of hydrogen-bond donors (Lipinski definition) is 0. The van der Waals surface area contributed by atoms with Crippen LogP contribution in [0.25, 0.3) is 21.1 Å². The van der Waals surface area contributed by atoms with Crippen LogP contribution < -0.4 is 51.4 Å². The van der Waals surface area contributed by atoms with Crippen molar-refractivity contribution in [2.24, 2.45) is 0 Å². The number of benzene rings is 2. The molecule has 0 atom stereocenters. The fourth-order valence-electron chi connectivity index (χ4n) is 2.40. The maximum atomic E-state index is 9.54. The quantitative estimate of drug-likeness (QED) is 0.493. The Balaban J connectivity index is 0.00000196. The third-order valence-electron chi connectivity index (χ3n) is 3.58. The number of thioether (sulfide) groups is 1. The molecule has 0 bridgehead atoms. The van der Waals surface area contributed by atoms with E-state index in [-0.39, 0.29) is 51.4 Å². The monoisotopic (exact) mass is 396 g/mol. The van der Waals surface area contributed by atoms with Crippen LogP contribution >= 0.6 is 23.1 Å². The summed E-state index contributed by atoms with van der Waals surface area (Å²) in [4.78, 5) is 5.51. The molecule has 0 fully saturated rings. The molecule has 0 saturated carbocycles. The van der Waals surface area contributed by atoms with Crippen LogP contribution in [0.5, 0.6) is 0 Å². The van der Waals surface area contributed by atoms with E-state index in [0.29, 0.717) is 21.2 Å². The van der Waals surface area contributed by atoms with Gasteiger partial charge in [-0.15, -0.1) is 28.8 Å². The standard InChI is InChI=1S/C19H9N4S2.K/c20-10-12(18-22-14-5-1-3-7-16(14)24-18)9-13(11-21)19-23-15-6-2-4-8-17(15)25-19;/h1-9H;/q-1;+1. The number of aromatic nitrogens is 1. The second kappa shape index (κ2) is 8.51. The molecule has 1 aliphatic rings. The van der Waals surface area contributed by atoms with Crippen LogP contribution in [0.4, 0.5) is 5.69 Å². The van der Waals surface area contributed by atoms with Crippen LogP contribution in [-0.2, 0) is 0 Å². The van der Waals surface area contributed by atoms with E-state index in [1.54, 1.807) is 6.08 Å². The van der Waals surface area contributed by atoms with E-state index in [9.17, 15) is 10.5 Å². The molecule has 3 aromatic rings. The third-order valence-corrected chi connectivity index (χ3v) is 5.72. The van der Waals surface area contributed by atoms with Crippen LogP contribution in [0.2, 0.25) is 0 Å². The molecule has 26 heavy (non-hydrogen) atoms. The molecule has 0 saturated heterocycles. The predicted molar refractivity (Wildman–Crippen MR) is 101 cm³/mol. The van der Waals surface area contributed by atoms with Gasteiger partial charge in [0.25, 0.3) is 0 Å². The van der Waals surface area contributed by atoms with Crippen molar-refractivity contribution in [1.82, 2.24) is 4.98 Å². The molecule has 1 aromatic heterocycles.